The molecule has 5 fully saturated rings. The van der Waals surface area contributed by atoms with Crippen molar-refractivity contribution < 1.29 is 124 Å². The maximum Gasteiger partial charge on any atom is 0.187 e. The zero-order chi connectivity index (χ0) is 40.6. The smallest absolute Gasteiger partial charge is 0.187 e. The molecule has 25 heteroatoms. The monoisotopic (exact) mass is 812 g/mol. The van der Waals surface area contributed by atoms with Crippen molar-refractivity contribution in [2.24, 2.45) is 0 Å². The molecule has 5 saturated heterocycles. The molecule has 0 bridgehead atoms. The van der Waals surface area contributed by atoms with Crippen LogP contribution in [0.3, 0.4) is 0 Å². The molecule has 0 aliphatic carbocycles. The Bertz CT molecular complexity index is 1170. The highest BCUT2D eigenvalue weighted by molar-refractivity contribution is 4.99. The summed E-state index contributed by atoms with van der Waals surface area (Å²) in [5, 5.41) is 167. The van der Waals surface area contributed by atoms with Crippen LogP contribution in [0.1, 0.15) is 6.92 Å². The van der Waals surface area contributed by atoms with Crippen LogP contribution in [0.5, 0.6) is 0 Å². The molecular formula is C30H52O25. The Balaban J connectivity index is 1.40. The number of aliphatic hydroxyl groups excluding tert-OH is 16. The molecule has 0 aromatic rings. The van der Waals surface area contributed by atoms with Gasteiger partial charge in [0, 0.05) is 0 Å². The van der Waals surface area contributed by atoms with Crippen molar-refractivity contribution in [1.82, 2.24) is 0 Å². The second-order valence-corrected chi connectivity index (χ2v) is 13.9. The molecule has 55 heavy (non-hydrogen) atoms. The number of hydrogen-bond donors (Lipinski definition) is 16. The van der Waals surface area contributed by atoms with Gasteiger partial charge in [-0.1, -0.05) is 0 Å². The van der Waals surface area contributed by atoms with Crippen LogP contribution in [0, 0.1) is 0 Å². The fourth-order valence-electron chi connectivity index (χ4n) is 6.95. The fourth-order valence-corrected chi connectivity index (χ4v) is 6.95. The summed E-state index contributed by atoms with van der Waals surface area (Å²) >= 11 is 0. The molecule has 0 unspecified atom stereocenters. The number of rotatable bonds is 12. The Morgan fingerprint density at radius 1 is 0.327 bits per heavy atom. The summed E-state index contributed by atoms with van der Waals surface area (Å²) in [4.78, 5) is 0. The highest BCUT2D eigenvalue weighted by atomic mass is 16.8. The molecular weight excluding hydrogens is 760 g/mol. The van der Waals surface area contributed by atoms with Gasteiger partial charge in [-0.25, -0.2) is 0 Å². The van der Waals surface area contributed by atoms with Gasteiger partial charge in [0.1, 0.15) is 116 Å². The van der Waals surface area contributed by atoms with Crippen molar-refractivity contribution in [3.63, 3.8) is 0 Å². The molecule has 5 heterocycles. The van der Waals surface area contributed by atoms with E-state index >= 15 is 0 Å². The lowest BCUT2D eigenvalue weighted by molar-refractivity contribution is -0.405. The summed E-state index contributed by atoms with van der Waals surface area (Å²) < 4.78 is 50.0. The van der Waals surface area contributed by atoms with Crippen LogP contribution in [0.25, 0.3) is 0 Å². The molecule has 0 aromatic heterocycles. The first-order chi connectivity index (χ1) is 26.0. The SMILES string of the molecule is C[C@@H]1O[C@@H](O)[C@H](O)[C@H](O[C@H]2O[C@H](CO)[C@@H](O[C@@H]3O[C@H](CO)[C@H](O[C@@H]4O[C@H](CO)[C@@H](O)[C@H](O)[C@H]4O)[C@H](O)[C@H]3O[C@H]3O[C@H](CO)[C@@H](O)[C@H](O)[C@H]3O)[C@H](O)[C@H]2O)[C@H]1O. The summed E-state index contributed by atoms with van der Waals surface area (Å²) in [6.07, 6.45) is -45.7. The highest BCUT2D eigenvalue weighted by Gasteiger charge is 2.57. The van der Waals surface area contributed by atoms with E-state index in [1.807, 2.05) is 0 Å². The molecule has 0 amide bonds. The zero-order valence-electron chi connectivity index (χ0n) is 29.1. The third-order valence-corrected chi connectivity index (χ3v) is 10.3. The van der Waals surface area contributed by atoms with Gasteiger partial charge in [-0.05, 0) is 6.92 Å². The molecule has 5 aliphatic heterocycles. The lowest BCUT2D eigenvalue weighted by atomic mass is 9.95. The quantitative estimate of drug-likeness (QED) is 0.0870. The lowest BCUT2D eigenvalue weighted by Gasteiger charge is -2.50. The first-order valence-electron chi connectivity index (χ1n) is 17.5. The first kappa shape index (κ1) is 45.1. The number of ether oxygens (including phenoxy) is 9. The largest absolute Gasteiger partial charge is 0.394 e. The van der Waals surface area contributed by atoms with Crippen molar-refractivity contribution >= 4 is 0 Å². The zero-order valence-corrected chi connectivity index (χ0v) is 29.1. The van der Waals surface area contributed by atoms with Crippen molar-refractivity contribution in [2.45, 2.75) is 160 Å². The van der Waals surface area contributed by atoms with Crippen LogP contribution in [0.2, 0.25) is 0 Å². The lowest BCUT2D eigenvalue weighted by Crippen LogP contribution is -2.68. The molecule has 5 rings (SSSR count). The summed E-state index contributed by atoms with van der Waals surface area (Å²) in [7, 11) is 0. The molecule has 0 spiro atoms. The maximum absolute atomic E-state index is 11.7. The van der Waals surface area contributed by atoms with Crippen LogP contribution in [-0.4, -0.2) is 262 Å². The minimum absolute atomic E-state index is 0.858. The minimum atomic E-state index is -2.13. The topological polar surface area (TPSA) is 407 Å². The molecule has 0 saturated carbocycles. The molecule has 25 nitrogen and oxygen atoms in total. The standard InChI is InChI=1S/C30H52O25/c1-6-11(35)24(21(45)26(46)47-6)54-29-19(43)16(40)22(9(4-33)50-29)53-30-25(55-28-18(42)15(39)13(37)8(3-32)49-28)20(44)23(10(5-34)51-30)52-27-17(41)14(38)12(36)7(2-31)48-27/h6-46H,2-5H2,1H3/t6-,7+,8+,9+,10+,11-,12+,13+,14-,15-,16+,17+,18+,19+,20-,21+,22+,23-,24+,25+,26+,27-,28+,29+,30-/m0/s1. The van der Waals surface area contributed by atoms with E-state index in [2.05, 4.69) is 0 Å². The number of aliphatic hydroxyl groups is 16. The molecule has 16 N–H and O–H groups in total. The average Bonchev–Trinajstić information content (AvgIpc) is 3.17. The van der Waals surface area contributed by atoms with Gasteiger partial charge in [-0.15, -0.1) is 0 Å². The van der Waals surface area contributed by atoms with E-state index in [4.69, 9.17) is 42.6 Å². The second kappa shape index (κ2) is 18.9. The van der Waals surface area contributed by atoms with Gasteiger partial charge in [-0.2, -0.15) is 0 Å². The van der Waals surface area contributed by atoms with Crippen LogP contribution >= 0.6 is 0 Å². The van der Waals surface area contributed by atoms with Gasteiger partial charge < -0.3 is 124 Å². The van der Waals surface area contributed by atoms with E-state index in [1.165, 1.54) is 6.92 Å². The Morgan fingerprint density at radius 2 is 0.691 bits per heavy atom. The normalized spacial score (nSPS) is 53.9. The maximum atomic E-state index is 11.7. The van der Waals surface area contributed by atoms with Gasteiger partial charge in [0.05, 0.1) is 32.5 Å². The van der Waals surface area contributed by atoms with Crippen molar-refractivity contribution in [1.29, 1.82) is 0 Å². The fraction of sp³-hybridized carbons (Fsp3) is 1.00. The number of hydrogen-bond acceptors (Lipinski definition) is 25. The Kier molecular flexibility index (Phi) is 15.5. The predicted molar refractivity (Wildman–Crippen MR) is 165 cm³/mol. The van der Waals surface area contributed by atoms with Gasteiger partial charge in [0.2, 0.25) is 0 Å². The predicted octanol–water partition coefficient (Wildman–Crippen LogP) is -10.9. The van der Waals surface area contributed by atoms with Crippen LogP contribution in [0.4, 0.5) is 0 Å². The molecule has 322 valence electrons. The third-order valence-electron chi connectivity index (χ3n) is 10.3. The molecule has 0 aromatic carbocycles. The molecule has 25 atom stereocenters. The van der Waals surface area contributed by atoms with Crippen molar-refractivity contribution in [3.8, 4) is 0 Å². The van der Waals surface area contributed by atoms with E-state index in [0.717, 1.165) is 0 Å². The van der Waals surface area contributed by atoms with E-state index in [1.54, 1.807) is 0 Å². The summed E-state index contributed by atoms with van der Waals surface area (Å²) in [6.45, 7) is -2.38. The average molecular weight is 813 g/mol. The Morgan fingerprint density at radius 3 is 1.16 bits per heavy atom. The molecule has 5 aliphatic rings. The van der Waals surface area contributed by atoms with E-state index < -0.39 is 180 Å². The third kappa shape index (κ3) is 9.11. The van der Waals surface area contributed by atoms with E-state index in [-0.39, 0.29) is 0 Å². The summed E-state index contributed by atoms with van der Waals surface area (Å²) in [5.41, 5.74) is 0. The highest BCUT2D eigenvalue weighted by Crippen LogP contribution is 2.36. The first-order valence-corrected chi connectivity index (χ1v) is 17.5. The van der Waals surface area contributed by atoms with Crippen LogP contribution < -0.4 is 0 Å². The minimum Gasteiger partial charge on any atom is -0.394 e. The summed E-state index contributed by atoms with van der Waals surface area (Å²) in [6, 6.07) is 0. The van der Waals surface area contributed by atoms with Crippen molar-refractivity contribution in [2.75, 3.05) is 26.4 Å². The van der Waals surface area contributed by atoms with E-state index in [0.29, 0.717) is 0 Å². The van der Waals surface area contributed by atoms with Gasteiger partial charge in [0.25, 0.3) is 0 Å². The second-order valence-electron chi connectivity index (χ2n) is 13.9. The van der Waals surface area contributed by atoms with Gasteiger partial charge in [0.15, 0.2) is 31.5 Å². The van der Waals surface area contributed by atoms with Gasteiger partial charge >= 0.3 is 0 Å². The molecule has 0 radical (unpaired) electrons. The Hall–Kier alpha value is -1.00. The van der Waals surface area contributed by atoms with Crippen molar-refractivity contribution in [3.05, 3.63) is 0 Å². The summed E-state index contributed by atoms with van der Waals surface area (Å²) in [5.74, 6) is 0. The van der Waals surface area contributed by atoms with E-state index in [9.17, 15) is 81.7 Å². The Labute approximate surface area is 311 Å². The van der Waals surface area contributed by atoms with Gasteiger partial charge in [-0.3, -0.25) is 0 Å². The van der Waals surface area contributed by atoms with Crippen LogP contribution in [-0.2, 0) is 42.6 Å². The van der Waals surface area contributed by atoms with Crippen LogP contribution in [0.15, 0.2) is 0 Å².